The van der Waals surface area contributed by atoms with Gasteiger partial charge in [0, 0.05) is 25.2 Å². The zero-order chi connectivity index (χ0) is 25.3. The van der Waals surface area contributed by atoms with Crippen molar-refractivity contribution in [2.45, 2.75) is 58.0 Å². The number of hydrogen-bond donors (Lipinski definition) is 4. The van der Waals surface area contributed by atoms with Gasteiger partial charge in [-0.05, 0) is 30.7 Å². The van der Waals surface area contributed by atoms with Crippen LogP contribution >= 0.6 is 11.3 Å². The number of aliphatic hydroxyl groups excluding tert-OH is 1. The zero-order valence-corrected chi connectivity index (χ0v) is 21.3. The van der Waals surface area contributed by atoms with Crippen molar-refractivity contribution in [3.63, 3.8) is 0 Å². The van der Waals surface area contributed by atoms with Gasteiger partial charge in [0.05, 0.1) is 6.20 Å². The largest absolute Gasteiger partial charge is 0.492 e. The van der Waals surface area contributed by atoms with Crippen molar-refractivity contribution < 1.29 is 24.2 Å². The van der Waals surface area contributed by atoms with Gasteiger partial charge in [0.25, 0.3) is 11.1 Å². The first kappa shape index (κ1) is 28.5. The van der Waals surface area contributed by atoms with Gasteiger partial charge in [-0.25, -0.2) is 4.98 Å². The van der Waals surface area contributed by atoms with E-state index in [0.717, 1.165) is 12.8 Å². The fourth-order valence-electron chi connectivity index (χ4n) is 3.25. The molecule has 1 atom stereocenters. The Balaban J connectivity index is 1.52. The lowest BCUT2D eigenvalue weighted by molar-refractivity contribution is 0.0955. The fraction of sp³-hybridized carbons (Fsp3) is 0.560. The predicted octanol–water partition coefficient (Wildman–Crippen LogP) is 3.13. The smallest absolute Gasteiger partial charge is 0.273 e. The van der Waals surface area contributed by atoms with Gasteiger partial charge in [0.15, 0.2) is 0 Å². The van der Waals surface area contributed by atoms with Crippen LogP contribution in [0.2, 0.25) is 0 Å². The van der Waals surface area contributed by atoms with E-state index in [9.17, 15) is 14.7 Å². The zero-order valence-electron chi connectivity index (χ0n) is 20.5. The second kappa shape index (κ2) is 16.9. The molecule has 0 aliphatic heterocycles. The first-order valence-electron chi connectivity index (χ1n) is 12.3. The number of amides is 2. The lowest BCUT2D eigenvalue weighted by atomic mass is 10.1. The molecule has 5 N–H and O–H groups in total. The van der Waals surface area contributed by atoms with Crippen LogP contribution in [0.15, 0.2) is 30.5 Å². The summed E-state index contributed by atoms with van der Waals surface area (Å²) in [4.78, 5) is 27.9. The predicted molar refractivity (Wildman–Crippen MR) is 137 cm³/mol. The number of carbonyl (C=O) groups is 2. The second-order valence-electron chi connectivity index (χ2n) is 8.27. The minimum atomic E-state index is -0.733. The summed E-state index contributed by atoms with van der Waals surface area (Å²) in [5.74, 6) is 0.00646. The number of aromatic nitrogens is 1. The van der Waals surface area contributed by atoms with Crippen LogP contribution in [0.1, 0.15) is 71.9 Å². The molecule has 0 aliphatic rings. The molecule has 9 nitrogen and oxygen atoms in total. The normalized spacial score (nSPS) is 11.7. The molecule has 0 radical (unpaired) electrons. The van der Waals surface area contributed by atoms with Gasteiger partial charge in [-0.3, -0.25) is 9.59 Å². The lowest BCUT2D eigenvalue weighted by Gasteiger charge is -2.12. The summed E-state index contributed by atoms with van der Waals surface area (Å²) < 4.78 is 11.1. The summed E-state index contributed by atoms with van der Waals surface area (Å²) >= 11 is 1.17. The highest BCUT2D eigenvalue weighted by atomic mass is 32.1. The Hall–Kier alpha value is -2.69. The highest BCUT2D eigenvalue weighted by molar-refractivity contribution is 7.15. The van der Waals surface area contributed by atoms with Crippen molar-refractivity contribution in [3.8, 4) is 10.9 Å². The van der Waals surface area contributed by atoms with Crippen molar-refractivity contribution in [2.24, 2.45) is 5.73 Å². The molecule has 1 aromatic heterocycles. The van der Waals surface area contributed by atoms with E-state index in [2.05, 4.69) is 22.5 Å². The number of benzene rings is 1. The fourth-order valence-corrected chi connectivity index (χ4v) is 3.94. The highest BCUT2D eigenvalue weighted by Gasteiger charge is 2.12. The highest BCUT2D eigenvalue weighted by Crippen LogP contribution is 2.20. The van der Waals surface area contributed by atoms with E-state index in [1.54, 1.807) is 24.3 Å². The third-order valence-corrected chi connectivity index (χ3v) is 6.15. The Morgan fingerprint density at radius 2 is 1.77 bits per heavy atom. The van der Waals surface area contributed by atoms with Gasteiger partial charge >= 0.3 is 0 Å². The number of ether oxygens (including phenoxy) is 2. The molecule has 2 aromatic rings. The molecule has 2 amide bonds. The maximum absolute atomic E-state index is 12.2. The van der Waals surface area contributed by atoms with Gasteiger partial charge in [-0.15, -0.1) is 0 Å². The first-order valence-corrected chi connectivity index (χ1v) is 13.1. The molecule has 0 bridgehead atoms. The second-order valence-corrected chi connectivity index (χ2v) is 9.27. The number of primary amides is 1. The number of hydrogen-bond acceptors (Lipinski definition) is 8. The third kappa shape index (κ3) is 12.0. The van der Waals surface area contributed by atoms with E-state index in [-0.39, 0.29) is 12.5 Å². The summed E-state index contributed by atoms with van der Waals surface area (Å²) in [7, 11) is 0. The minimum absolute atomic E-state index is 0.0645. The summed E-state index contributed by atoms with van der Waals surface area (Å²) in [5, 5.41) is 16.4. The monoisotopic (exact) mass is 506 g/mol. The molecule has 1 heterocycles. The Kier molecular flexibility index (Phi) is 13.7. The third-order valence-electron chi connectivity index (χ3n) is 5.24. The number of unbranched alkanes of at least 4 members (excludes halogenated alkanes) is 6. The number of rotatable bonds is 19. The van der Waals surface area contributed by atoms with E-state index < -0.39 is 12.0 Å². The van der Waals surface area contributed by atoms with Crippen molar-refractivity contribution in [1.29, 1.82) is 0 Å². The quantitative estimate of drug-likeness (QED) is 0.215. The molecule has 194 valence electrons. The lowest BCUT2D eigenvalue weighted by Crippen LogP contribution is -2.33. The number of thiazole rings is 1. The van der Waals surface area contributed by atoms with E-state index in [1.807, 2.05) is 0 Å². The van der Waals surface area contributed by atoms with Gasteiger partial charge in [0.1, 0.15) is 29.9 Å². The Morgan fingerprint density at radius 3 is 2.49 bits per heavy atom. The van der Waals surface area contributed by atoms with Gasteiger partial charge < -0.3 is 30.9 Å². The topological polar surface area (TPSA) is 136 Å². The molecule has 0 aliphatic carbocycles. The SMILES string of the molecule is CCCCCCCCCNC(=O)c1cnc(OCC(O)CNCCOc2ccc(C(N)=O)cc2)s1. The Bertz CT molecular complexity index is 875. The Labute approximate surface area is 211 Å². The molecule has 0 fully saturated rings. The molecule has 0 saturated heterocycles. The van der Waals surface area contributed by atoms with Gasteiger partial charge in [-0.2, -0.15) is 0 Å². The molecule has 0 spiro atoms. The summed E-state index contributed by atoms with van der Waals surface area (Å²) in [6.07, 6.45) is 9.19. The van der Waals surface area contributed by atoms with Crippen LogP contribution in [0.25, 0.3) is 0 Å². The van der Waals surface area contributed by atoms with Crippen molar-refractivity contribution in [2.75, 3.05) is 32.8 Å². The summed E-state index contributed by atoms with van der Waals surface area (Å²) in [5.41, 5.74) is 5.63. The van der Waals surface area contributed by atoms with Crippen LogP contribution in [0, 0.1) is 0 Å². The number of nitrogens with two attached hydrogens (primary N) is 1. The summed E-state index contributed by atoms with van der Waals surface area (Å²) in [6, 6.07) is 6.58. The van der Waals surface area contributed by atoms with Crippen LogP contribution in [0.5, 0.6) is 10.9 Å². The van der Waals surface area contributed by atoms with Gasteiger partial charge in [0.2, 0.25) is 5.91 Å². The average Bonchev–Trinajstić information content (AvgIpc) is 3.33. The van der Waals surface area contributed by atoms with Crippen molar-refractivity contribution in [3.05, 3.63) is 40.9 Å². The summed E-state index contributed by atoms with van der Waals surface area (Å²) in [6.45, 7) is 4.17. The molecule has 35 heavy (non-hydrogen) atoms. The van der Waals surface area contributed by atoms with Crippen LogP contribution in [-0.2, 0) is 0 Å². The molecule has 1 unspecified atom stereocenters. The standard InChI is InChI=1S/C25H38N4O5S/c1-2-3-4-5-6-7-8-13-28-24(32)22-17-29-25(35-22)34-18-20(30)16-27-14-15-33-21-11-9-19(10-12-21)23(26)31/h9-12,17,20,27,30H,2-8,13-16,18H2,1H3,(H2,26,31)(H,28,32). The van der Waals surface area contributed by atoms with Gasteiger partial charge in [-0.1, -0.05) is 56.8 Å². The maximum atomic E-state index is 12.2. The van der Waals surface area contributed by atoms with E-state index in [4.69, 9.17) is 15.2 Å². The molecule has 2 rings (SSSR count). The molecule has 10 heteroatoms. The van der Waals surface area contributed by atoms with E-state index in [0.29, 0.717) is 47.6 Å². The van der Waals surface area contributed by atoms with Crippen LogP contribution in [0.4, 0.5) is 0 Å². The van der Waals surface area contributed by atoms with Crippen LogP contribution in [0.3, 0.4) is 0 Å². The number of carbonyl (C=O) groups excluding carboxylic acids is 2. The minimum Gasteiger partial charge on any atom is -0.492 e. The first-order chi connectivity index (χ1) is 17.0. The van der Waals surface area contributed by atoms with E-state index in [1.165, 1.54) is 49.6 Å². The Morgan fingerprint density at radius 1 is 1.06 bits per heavy atom. The molecule has 1 aromatic carbocycles. The number of nitrogens with zero attached hydrogens (tertiary/aromatic N) is 1. The molecular formula is C25H38N4O5S. The van der Waals surface area contributed by atoms with Crippen molar-refractivity contribution >= 4 is 23.2 Å². The average molecular weight is 507 g/mol. The molecular weight excluding hydrogens is 468 g/mol. The van der Waals surface area contributed by atoms with Crippen molar-refractivity contribution in [1.82, 2.24) is 15.6 Å². The van der Waals surface area contributed by atoms with Crippen LogP contribution < -0.4 is 25.8 Å². The number of nitrogens with one attached hydrogen (secondary N) is 2. The number of aliphatic hydroxyl groups is 1. The van der Waals surface area contributed by atoms with E-state index >= 15 is 0 Å². The van der Waals surface area contributed by atoms with Crippen LogP contribution in [-0.4, -0.2) is 60.9 Å². The maximum Gasteiger partial charge on any atom is 0.273 e. The molecule has 0 saturated carbocycles.